The maximum atomic E-state index is 11.6. The molecule has 0 heterocycles. The van der Waals surface area contributed by atoms with Gasteiger partial charge in [0.1, 0.15) is 6.10 Å². The number of Topliss-reactive ketones (excluding diaryl/α,β-unsaturated/α-hetero) is 1. The van der Waals surface area contributed by atoms with Gasteiger partial charge in [-0.25, -0.2) is 4.79 Å². The lowest BCUT2D eigenvalue weighted by Gasteiger charge is -2.14. The van der Waals surface area contributed by atoms with Crippen molar-refractivity contribution in [3.8, 4) is 11.8 Å². The predicted octanol–water partition coefficient (Wildman–Crippen LogP) is 2.21. The fourth-order valence-electron chi connectivity index (χ4n) is 2.01. The summed E-state index contributed by atoms with van der Waals surface area (Å²) in [5, 5.41) is 10.8. The van der Waals surface area contributed by atoms with Crippen LogP contribution in [0.2, 0.25) is 0 Å². The smallest absolute Gasteiger partial charge is 0.331 e. The molecule has 0 fully saturated rings. The molecule has 0 aromatic rings. The molecule has 0 saturated carbocycles. The number of carbonyl (C=O) groups excluding carboxylic acids is 2. The molecule has 0 spiro atoms. The molecule has 1 rings (SSSR count). The Morgan fingerprint density at radius 2 is 2.32 bits per heavy atom. The average molecular weight is 305 g/mol. The Kier molecular flexibility index (Phi) is 7.03. The highest BCUT2D eigenvalue weighted by molar-refractivity contribution is 5.93. The molecule has 0 N–H and O–H groups in total. The second-order valence-corrected chi connectivity index (χ2v) is 5.14. The maximum absolute atomic E-state index is 11.6. The van der Waals surface area contributed by atoms with E-state index in [9.17, 15) is 19.7 Å². The topological polar surface area (TPSA) is 86.5 Å². The molecule has 1 unspecified atom stereocenters. The largest absolute Gasteiger partial charge is 0.458 e. The lowest BCUT2D eigenvalue weighted by molar-refractivity contribution is -0.523. The Labute approximate surface area is 129 Å². The van der Waals surface area contributed by atoms with Crippen molar-refractivity contribution in [1.82, 2.24) is 0 Å². The van der Waals surface area contributed by atoms with Gasteiger partial charge in [0, 0.05) is 37.2 Å². The number of allylic oxidation sites excluding steroid dienone is 2. The number of rotatable bonds is 5. The molecule has 22 heavy (non-hydrogen) atoms. The van der Waals surface area contributed by atoms with E-state index in [1.54, 1.807) is 13.0 Å². The highest BCUT2D eigenvalue weighted by atomic mass is 16.6. The molecule has 2 atom stereocenters. The van der Waals surface area contributed by atoms with E-state index < -0.39 is 18.1 Å². The van der Waals surface area contributed by atoms with E-state index in [0.717, 1.165) is 5.57 Å². The zero-order chi connectivity index (χ0) is 16.5. The van der Waals surface area contributed by atoms with E-state index in [2.05, 4.69) is 11.8 Å². The Bertz CT molecular complexity index is 565. The van der Waals surface area contributed by atoms with Gasteiger partial charge in [0.15, 0.2) is 0 Å². The molecule has 0 radical (unpaired) electrons. The summed E-state index contributed by atoms with van der Waals surface area (Å²) >= 11 is 0. The van der Waals surface area contributed by atoms with Crippen LogP contribution in [0.1, 0.15) is 39.5 Å². The van der Waals surface area contributed by atoms with Crippen molar-refractivity contribution in [1.29, 1.82) is 0 Å². The minimum atomic E-state index is -0.582. The number of hydrogen-bond acceptors (Lipinski definition) is 5. The van der Waals surface area contributed by atoms with Crippen LogP contribution < -0.4 is 0 Å². The predicted molar refractivity (Wildman–Crippen MR) is 80.5 cm³/mol. The van der Waals surface area contributed by atoms with Crippen molar-refractivity contribution in [2.24, 2.45) is 0 Å². The molecule has 1 aliphatic carbocycles. The standard InChI is InChI=1S/C16H19NO5/c1-12(18)5-3-6-13(2)22-16(19)10-9-14-7-4-8-15(11-14)17(20)21/h7,9-10,13,15H,4,6,8,11H2,1-2H3/b10-9+/t13-,15?/m1/s1. The van der Waals surface area contributed by atoms with Gasteiger partial charge in [-0.15, -0.1) is 0 Å². The number of hydrogen-bond donors (Lipinski definition) is 0. The second kappa shape index (κ2) is 8.78. The van der Waals surface area contributed by atoms with Crippen molar-refractivity contribution in [3.63, 3.8) is 0 Å². The molecule has 0 aliphatic heterocycles. The summed E-state index contributed by atoms with van der Waals surface area (Å²) in [6.07, 6.45) is 6.08. The van der Waals surface area contributed by atoms with Crippen LogP contribution in [0.4, 0.5) is 0 Å². The van der Waals surface area contributed by atoms with Crippen molar-refractivity contribution in [2.45, 2.75) is 51.7 Å². The van der Waals surface area contributed by atoms with Crippen LogP contribution >= 0.6 is 0 Å². The zero-order valence-electron chi connectivity index (χ0n) is 12.7. The van der Waals surface area contributed by atoms with Gasteiger partial charge in [0.2, 0.25) is 11.8 Å². The normalized spacial score (nSPS) is 18.8. The van der Waals surface area contributed by atoms with E-state index in [4.69, 9.17) is 4.74 Å². The summed E-state index contributed by atoms with van der Waals surface area (Å²) in [7, 11) is 0. The first kappa shape index (κ1) is 17.6. The fraction of sp³-hybridized carbons (Fsp3) is 0.500. The van der Waals surface area contributed by atoms with Crippen molar-refractivity contribution in [2.75, 3.05) is 0 Å². The quantitative estimate of drug-likeness (QED) is 0.194. The van der Waals surface area contributed by atoms with Gasteiger partial charge in [-0.05, 0) is 24.8 Å². The van der Waals surface area contributed by atoms with E-state index in [1.807, 2.05) is 6.08 Å². The molecular weight excluding hydrogens is 286 g/mol. The minimum absolute atomic E-state index is 0.233. The first-order valence-corrected chi connectivity index (χ1v) is 7.09. The number of nitrogens with zero attached hydrogens (tertiary/aromatic N) is 1. The van der Waals surface area contributed by atoms with Crippen LogP contribution in [0, 0.1) is 22.0 Å². The molecule has 118 valence electrons. The lowest BCUT2D eigenvalue weighted by Crippen LogP contribution is -2.22. The van der Waals surface area contributed by atoms with E-state index in [-0.39, 0.29) is 17.1 Å². The van der Waals surface area contributed by atoms with Crippen molar-refractivity contribution in [3.05, 3.63) is 33.9 Å². The Morgan fingerprint density at radius 3 is 2.95 bits per heavy atom. The third-order valence-electron chi connectivity index (χ3n) is 3.08. The molecule has 0 bridgehead atoms. The third kappa shape index (κ3) is 6.84. The Balaban J connectivity index is 2.44. The van der Waals surface area contributed by atoms with Crippen LogP contribution in [-0.2, 0) is 14.3 Å². The molecule has 0 amide bonds. The molecular formula is C16H19NO5. The highest BCUT2D eigenvalue weighted by Crippen LogP contribution is 2.21. The number of carbonyl (C=O) groups is 2. The summed E-state index contributed by atoms with van der Waals surface area (Å²) < 4.78 is 5.10. The molecule has 1 aliphatic rings. The van der Waals surface area contributed by atoms with Gasteiger partial charge in [-0.3, -0.25) is 14.9 Å². The van der Waals surface area contributed by atoms with Gasteiger partial charge in [0.05, 0.1) is 0 Å². The number of nitro groups is 1. The number of esters is 1. The van der Waals surface area contributed by atoms with Gasteiger partial charge in [-0.2, -0.15) is 0 Å². The lowest BCUT2D eigenvalue weighted by atomic mass is 9.95. The van der Waals surface area contributed by atoms with E-state index in [1.165, 1.54) is 13.0 Å². The maximum Gasteiger partial charge on any atom is 0.331 e. The Morgan fingerprint density at radius 1 is 1.59 bits per heavy atom. The van der Waals surface area contributed by atoms with Crippen LogP contribution in [-0.4, -0.2) is 28.8 Å². The zero-order valence-corrected chi connectivity index (χ0v) is 12.7. The summed E-state index contributed by atoms with van der Waals surface area (Å²) in [6, 6.07) is -0.582. The average Bonchev–Trinajstić information content (AvgIpc) is 2.45. The van der Waals surface area contributed by atoms with Crippen LogP contribution in [0.15, 0.2) is 23.8 Å². The summed E-state index contributed by atoms with van der Waals surface area (Å²) in [5.41, 5.74) is 0.772. The summed E-state index contributed by atoms with van der Waals surface area (Å²) in [6.45, 7) is 3.05. The third-order valence-corrected chi connectivity index (χ3v) is 3.08. The Hall–Kier alpha value is -2.42. The number of ketones is 1. The van der Waals surface area contributed by atoms with E-state index >= 15 is 0 Å². The molecule has 0 saturated heterocycles. The van der Waals surface area contributed by atoms with Gasteiger partial charge in [-0.1, -0.05) is 18.1 Å². The molecule has 0 aromatic carbocycles. The van der Waals surface area contributed by atoms with Gasteiger partial charge >= 0.3 is 5.97 Å². The van der Waals surface area contributed by atoms with Crippen molar-refractivity contribution >= 4 is 11.8 Å². The summed E-state index contributed by atoms with van der Waals surface area (Å²) in [5.74, 6) is 4.24. The van der Waals surface area contributed by atoms with Crippen LogP contribution in [0.5, 0.6) is 0 Å². The van der Waals surface area contributed by atoms with Gasteiger partial charge < -0.3 is 4.74 Å². The first-order valence-electron chi connectivity index (χ1n) is 7.09. The first-order chi connectivity index (χ1) is 10.4. The minimum Gasteiger partial charge on any atom is -0.458 e. The SMILES string of the molecule is CC(=O)C#CC[C@@H](C)OC(=O)/C=C/C1=CCCC([N+](=O)[O-])C1. The van der Waals surface area contributed by atoms with Crippen molar-refractivity contribution < 1.29 is 19.2 Å². The van der Waals surface area contributed by atoms with Crippen LogP contribution in [0.3, 0.4) is 0 Å². The number of ether oxygens (including phenoxy) is 1. The molecule has 6 heteroatoms. The fourth-order valence-corrected chi connectivity index (χ4v) is 2.01. The summed E-state index contributed by atoms with van der Waals surface area (Å²) in [4.78, 5) is 32.8. The molecule has 0 aromatic heterocycles. The van der Waals surface area contributed by atoms with Crippen LogP contribution in [0.25, 0.3) is 0 Å². The second-order valence-electron chi connectivity index (χ2n) is 5.14. The monoisotopic (exact) mass is 305 g/mol. The van der Waals surface area contributed by atoms with Gasteiger partial charge in [0.25, 0.3) is 0 Å². The van der Waals surface area contributed by atoms with E-state index in [0.29, 0.717) is 19.3 Å². The molecule has 6 nitrogen and oxygen atoms in total. The highest BCUT2D eigenvalue weighted by Gasteiger charge is 2.23.